The first-order valence-corrected chi connectivity index (χ1v) is 9.84. The quantitative estimate of drug-likeness (QED) is 0.238. The van der Waals surface area contributed by atoms with Crippen LogP contribution >= 0.6 is 0 Å². The Kier molecular flexibility index (Phi) is 7.11. The SMILES string of the molecule is COc1ccc(N(C)N=Cc2ccc[n+](CCCCS(=O)(=O)O)c2)cc1. The van der Waals surface area contributed by atoms with E-state index in [1.807, 2.05) is 60.4 Å². The Bertz CT molecular complexity index is 836. The summed E-state index contributed by atoms with van der Waals surface area (Å²) in [5, 5.41) is 6.20. The molecule has 2 aromatic rings. The fourth-order valence-corrected chi connectivity index (χ4v) is 2.92. The van der Waals surface area contributed by atoms with Crippen molar-refractivity contribution >= 4 is 22.0 Å². The monoisotopic (exact) mass is 378 g/mol. The molecule has 1 heterocycles. The lowest BCUT2D eigenvalue weighted by Crippen LogP contribution is -2.33. The van der Waals surface area contributed by atoms with Gasteiger partial charge in [-0.25, -0.2) is 4.57 Å². The standard InChI is InChI=1S/C18H23N3O4S/c1-20(17-7-9-18(25-2)10-8-17)19-14-16-6-5-12-21(15-16)11-3-4-13-26(22,23)24/h5-10,12,14-15H,3-4,11,13H2,1-2H3/p+1. The van der Waals surface area contributed by atoms with Gasteiger partial charge in [-0.15, -0.1) is 0 Å². The molecule has 7 nitrogen and oxygen atoms in total. The summed E-state index contributed by atoms with van der Waals surface area (Å²) in [5.41, 5.74) is 1.87. The predicted molar refractivity (Wildman–Crippen MR) is 101 cm³/mol. The fraction of sp³-hybridized carbons (Fsp3) is 0.333. The number of nitrogens with zero attached hydrogens (tertiary/aromatic N) is 3. The minimum atomic E-state index is -3.88. The Morgan fingerprint density at radius 3 is 2.62 bits per heavy atom. The molecule has 0 spiro atoms. The molecule has 1 aromatic heterocycles. The van der Waals surface area contributed by atoms with Crippen molar-refractivity contribution in [1.29, 1.82) is 0 Å². The number of ether oxygens (including phenoxy) is 1. The zero-order valence-corrected chi connectivity index (χ0v) is 15.8. The second-order valence-corrected chi connectivity index (χ2v) is 7.41. The van der Waals surface area contributed by atoms with Crippen LogP contribution in [0.1, 0.15) is 18.4 Å². The van der Waals surface area contributed by atoms with E-state index in [9.17, 15) is 8.42 Å². The molecule has 1 aromatic carbocycles. The molecule has 0 atom stereocenters. The third-order valence-corrected chi connectivity index (χ3v) is 4.58. The van der Waals surface area contributed by atoms with Crippen molar-refractivity contribution in [2.45, 2.75) is 19.4 Å². The van der Waals surface area contributed by atoms with E-state index in [1.54, 1.807) is 18.3 Å². The lowest BCUT2D eigenvalue weighted by atomic mass is 10.3. The molecule has 0 saturated heterocycles. The van der Waals surface area contributed by atoms with E-state index in [-0.39, 0.29) is 5.75 Å². The van der Waals surface area contributed by atoms with Gasteiger partial charge in [-0.05, 0) is 36.8 Å². The maximum atomic E-state index is 10.7. The van der Waals surface area contributed by atoms with Crippen LogP contribution < -0.4 is 14.3 Å². The van der Waals surface area contributed by atoms with E-state index in [0.717, 1.165) is 17.0 Å². The van der Waals surface area contributed by atoms with Gasteiger partial charge in [-0.3, -0.25) is 9.56 Å². The van der Waals surface area contributed by atoms with Gasteiger partial charge in [0.05, 0.1) is 30.3 Å². The average molecular weight is 378 g/mol. The van der Waals surface area contributed by atoms with Crippen LogP contribution in [0.25, 0.3) is 0 Å². The third kappa shape index (κ3) is 6.81. The van der Waals surface area contributed by atoms with Crippen LogP contribution in [-0.4, -0.2) is 39.1 Å². The minimum Gasteiger partial charge on any atom is -0.497 e. The van der Waals surface area contributed by atoms with Crippen LogP contribution in [0.2, 0.25) is 0 Å². The van der Waals surface area contributed by atoms with Gasteiger partial charge < -0.3 is 4.74 Å². The van der Waals surface area contributed by atoms with Crippen LogP contribution in [0.5, 0.6) is 5.75 Å². The summed E-state index contributed by atoms with van der Waals surface area (Å²) in [6.45, 7) is 0.672. The van der Waals surface area contributed by atoms with Gasteiger partial charge >= 0.3 is 0 Å². The summed E-state index contributed by atoms with van der Waals surface area (Å²) in [5.74, 6) is 0.589. The molecule has 0 saturated carbocycles. The van der Waals surface area contributed by atoms with Crippen molar-refractivity contribution < 1.29 is 22.3 Å². The average Bonchev–Trinajstić information content (AvgIpc) is 2.63. The summed E-state index contributed by atoms with van der Waals surface area (Å²) in [4.78, 5) is 0. The van der Waals surface area contributed by atoms with Crippen LogP contribution in [0.4, 0.5) is 5.69 Å². The number of hydrazone groups is 1. The number of aryl methyl sites for hydroxylation is 1. The van der Waals surface area contributed by atoms with Crippen molar-refractivity contribution in [3.63, 3.8) is 0 Å². The molecule has 26 heavy (non-hydrogen) atoms. The topological polar surface area (TPSA) is 83.1 Å². The molecule has 0 aliphatic carbocycles. The highest BCUT2D eigenvalue weighted by Gasteiger charge is 2.06. The number of hydrogen-bond donors (Lipinski definition) is 1. The molecule has 8 heteroatoms. The largest absolute Gasteiger partial charge is 0.497 e. The molecular formula is C18H24N3O4S+. The first kappa shape index (κ1) is 19.9. The normalized spacial score (nSPS) is 11.7. The van der Waals surface area contributed by atoms with Crippen molar-refractivity contribution in [3.8, 4) is 5.75 Å². The van der Waals surface area contributed by atoms with E-state index in [4.69, 9.17) is 9.29 Å². The number of rotatable bonds is 9. The van der Waals surface area contributed by atoms with Crippen molar-refractivity contribution in [3.05, 3.63) is 54.4 Å². The molecule has 140 valence electrons. The van der Waals surface area contributed by atoms with Gasteiger partial charge in [0.1, 0.15) is 12.3 Å². The summed E-state index contributed by atoms with van der Waals surface area (Å²) >= 11 is 0. The molecule has 2 rings (SSSR count). The third-order valence-electron chi connectivity index (χ3n) is 3.78. The fourth-order valence-electron chi connectivity index (χ4n) is 2.35. The second kappa shape index (κ2) is 9.30. The minimum absolute atomic E-state index is 0.207. The maximum absolute atomic E-state index is 10.7. The Hall–Kier alpha value is -2.45. The van der Waals surface area contributed by atoms with Crippen molar-refractivity contribution in [2.24, 2.45) is 5.10 Å². The first-order chi connectivity index (χ1) is 12.4. The number of benzene rings is 1. The summed E-state index contributed by atoms with van der Waals surface area (Å²) in [7, 11) is -0.385. The Labute approximate surface area is 154 Å². The van der Waals surface area contributed by atoms with E-state index < -0.39 is 10.1 Å². The highest BCUT2D eigenvalue weighted by atomic mass is 32.2. The van der Waals surface area contributed by atoms with E-state index in [0.29, 0.717) is 19.4 Å². The predicted octanol–water partition coefficient (Wildman–Crippen LogP) is 2.12. The summed E-state index contributed by atoms with van der Waals surface area (Å²) in [6, 6.07) is 11.5. The van der Waals surface area contributed by atoms with Crippen LogP contribution in [-0.2, 0) is 16.7 Å². The highest BCUT2D eigenvalue weighted by molar-refractivity contribution is 7.85. The zero-order valence-electron chi connectivity index (χ0n) is 14.9. The molecule has 0 unspecified atom stereocenters. The first-order valence-electron chi connectivity index (χ1n) is 8.23. The van der Waals surface area contributed by atoms with Gasteiger partial charge in [0.15, 0.2) is 12.4 Å². The van der Waals surface area contributed by atoms with E-state index in [1.165, 1.54) is 0 Å². The van der Waals surface area contributed by atoms with Crippen LogP contribution in [0, 0.1) is 0 Å². The molecule has 0 aliphatic heterocycles. The zero-order chi connectivity index (χ0) is 19.0. The number of methoxy groups -OCH3 is 1. The van der Waals surface area contributed by atoms with Gasteiger partial charge in [0.25, 0.3) is 10.1 Å². The molecule has 0 fully saturated rings. The van der Waals surface area contributed by atoms with Crippen LogP contribution in [0.3, 0.4) is 0 Å². The Balaban J connectivity index is 1.93. The lowest BCUT2D eigenvalue weighted by molar-refractivity contribution is -0.697. The summed E-state index contributed by atoms with van der Waals surface area (Å²) < 4.78 is 37.3. The maximum Gasteiger partial charge on any atom is 0.264 e. The number of hydrogen-bond acceptors (Lipinski definition) is 5. The van der Waals surface area contributed by atoms with E-state index >= 15 is 0 Å². The van der Waals surface area contributed by atoms with Gasteiger partial charge in [-0.1, -0.05) is 0 Å². The number of pyridine rings is 1. The van der Waals surface area contributed by atoms with Crippen molar-refractivity contribution in [2.75, 3.05) is 24.9 Å². The Morgan fingerprint density at radius 2 is 1.96 bits per heavy atom. The number of aromatic nitrogens is 1. The Morgan fingerprint density at radius 1 is 1.23 bits per heavy atom. The molecule has 0 aliphatic rings. The smallest absolute Gasteiger partial charge is 0.264 e. The van der Waals surface area contributed by atoms with Crippen LogP contribution in [0.15, 0.2) is 53.9 Å². The van der Waals surface area contributed by atoms with E-state index in [2.05, 4.69) is 5.10 Å². The highest BCUT2D eigenvalue weighted by Crippen LogP contribution is 2.18. The number of anilines is 1. The molecule has 1 N–H and O–H groups in total. The van der Waals surface area contributed by atoms with Crippen molar-refractivity contribution in [1.82, 2.24) is 0 Å². The second-order valence-electron chi connectivity index (χ2n) is 5.83. The van der Waals surface area contributed by atoms with Gasteiger partial charge in [0.2, 0.25) is 0 Å². The number of unbranched alkanes of at least 4 members (excludes halogenated alkanes) is 1. The van der Waals surface area contributed by atoms with Gasteiger partial charge in [-0.2, -0.15) is 13.5 Å². The molecule has 0 radical (unpaired) electrons. The summed E-state index contributed by atoms with van der Waals surface area (Å²) in [6.07, 6.45) is 6.71. The molecular weight excluding hydrogens is 354 g/mol. The molecule has 0 bridgehead atoms. The molecule has 0 amide bonds. The lowest BCUT2D eigenvalue weighted by Gasteiger charge is -2.12. The van der Waals surface area contributed by atoms with Gasteiger partial charge in [0, 0.05) is 19.5 Å².